The molecule has 2 aromatic rings. The van der Waals surface area contributed by atoms with Crippen molar-refractivity contribution in [3.63, 3.8) is 0 Å². The second-order valence-corrected chi connectivity index (χ2v) is 7.58. The molecule has 0 aliphatic carbocycles. The largest absolute Gasteiger partial charge is 0.493 e. The Morgan fingerprint density at radius 2 is 1.82 bits per heavy atom. The lowest BCUT2D eigenvalue weighted by Crippen LogP contribution is -2.37. The Morgan fingerprint density at radius 3 is 2.54 bits per heavy atom. The molecule has 1 N–H and O–H groups in total. The van der Waals surface area contributed by atoms with Gasteiger partial charge in [-0.05, 0) is 57.0 Å². The standard InChI is InChI=1S/C24H32N2O2/c1-3-4-17-28-23-10-6-5-9-21(23)24(27)25-18-22(26-15-7-8-16-26)20-13-11-19(2)12-14-20/h5-6,9-14,22H,3-4,7-8,15-18H2,1-2H3,(H,25,27). The Morgan fingerprint density at radius 1 is 1.11 bits per heavy atom. The molecule has 1 aliphatic heterocycles. The van der Waals surface area contributed by atoms with Crippen molar-refractivity contribution in [3.8, 4) is 5.75 Å². The molecule has 28 heavy (non-hydrogen) atoms. The quantitative estimate of drug-likeness (QED) is 0.639. The van der Waals surface area contributed by atoms with Crippen molar-refractivity contribution >= 4 is 5.91 Å². The lowest BCUT2D eigenvalue weighted by Gasteiger charge is -2.28. The Labute approximate surface area is 168 Å². The van der Waals surface area contributed by atoms with Gasteiger partial charge in [-0.2, -0.15) is 0 Å². The van der Waals surface area contributed by atoms with E-state index in [1.165, 1.54) is 24.0 Å². The number of nitrogens with zero attached hydrogens (tertiary/aromatic N) is 1. The summed E-state index contributed by atoms with van der Waals surface area (Å²) in [7, 11) is 0. The summed E-state index contributed by atoms with van der Waals surface area (Å²) in [4.78, 5) is 15.4. The van der Waals surface area contributed by atoms with E-state index in [2.05, 4.69) is 48.3 Å². The maximum absolute atomic E-state index is 12.9. The van der Waals surface area contributed by atoms with Gasteiger partial charge >= 0.3 is 0 Å². The summed E-state index contributed by atoms with van der Waals surface area (Å²) < 4.78 is 5.83. The number of amides is 1. The lowest BCUT2D eigenvalue weighted by molar-refractivity contribution is 0.0933. The molecule has 150 valence electrons. The maximum Gasteiger partial charge on any atom is 0.255 e. The van der Waals surface area contributed by atoms with Crippen LogP contribution in [-0.2, 0) is 0 Å². The predicted octanol–water partition coefficient (Wildman–Crippen LogP) is 4.74. The highest BCUT2D eigenvalue weighted by Gasteiger charge is 2.24. The third-order valence-corrected chi connectivity index (χ3v) is 5.39. The molecule has 1 amide bonds. The van der Waals surface area contributed by atoms with Gasteiger partial charge in [-0.1, -0.05) is 55.3 Å². The van der Waals surface area contributed by atoms with E-state index in [0.717, 1.165) is 25.9 Å². The number of nitrogens with one attached hydrogen (secondary N) is 1. The van der Waals surface area contributed by atoms with Gasteiger partial charge in [0.1, 0.15) is 5.75 Å². The van der Waals surface area contributed by atoms with Crippen molar-refractivity contribution in [3.05, 3.63) is 65.2 Å². The Kier molecular flexibility index (Phi) is 7.49. The number of unbranched alkanes of at least 4 members (excludes halogenated alkanes) is 1. The number of aryl methyl sites for hydroxylation is 1. The van der Waals surface area contributed by atoms with Gasteiger partial charge in [0.15, 0.2) is 0 Å². The summed E-state index contributed by atoms with van der Waals surface area (Å²) >= 11 is 0. The highest BCUT2D eigenvalue weighted by atomic mass is 16.5. The first kappa shape index (κ1) is 20.4. The van der Waals surface area contributed by atoms with Crippen molar-refractivity contribution in [2.45, 2.75) is 45.6 Å². The average molecular weight is 381 g/mol. The summed E-state index contributed by atoms with van der Waals surface area (Å²) in [5.41, 5.74) is 3.13. The summed E-state index contributed by atoms with van der Waals surface area (Å²) in [6, 6.07) is 16.4. The molecular weight excluding hydrogens is 348 g/mol. The zero-order chi connectivity index (χ0) is 19.8. The first-order chi connectivity index (χ1) is 13.7. The van der Waals surface area contributed by atoms with E-state index >= 15 is 0 Å². The Balaban J connectivity index is 1.69. The van der Waals surface area contributed by atoms with E-state index in [4.69, 9.17) is 4.74 Å². The van der Waals surface area contributed by atoms with Crippen molar-refractivity contribution < 1.29 is 9.53 Å². The van der Waals surface area contributed by atoms with Crippen molar-refractivity contribution in [2.75, 3.05) is 26.2 Å². The van der Waals surface area contributed by atoms with Crippen LogP contribution in [-0.4, -0.2) is 37.0 Å². The number of rotatable bonds is 9. The normalized spacial score (nSPS) is 15.4. The molecule has 0 bridgehead atoms. The topological polar surface area (TPSA) is 41.6 Å². The van der Waals surface area contributed by atoms with Crippen molar-refractivity contribution in [1.82, 2.24) is 10.2 Å². The highest BCUT2D eigenvalue weighted by Crippen LogP contribution is 2.25. The number of likely N-dealkylation sites (tertiary alicyclic amines) is 1. The SMILES string of the molecule is CCCCOc1ccccc1C(=O)NCC(c1ccc(C)cc1)N1CCCC1. The van der Waals surface area contributed by atoms with Gasteiger partial charge in [0.2, 0.25) is 0 Å². The molecule has 0 spiro atoms. The molecule has 1 aliphatic rings. The first-order valence-corrected chi connectivity index (χ1v) is 10.5. The number of para-hydroxylation sites is 1. The second-order valence-electron chi connectivity index (χ2n) is 7.58. The fourth-order valence-electron chi connectivity index (χ4n) is 3.69. The van der Waals surface area contributed by atoms with Crippen LogP contribution < -0.4 is 10.1 Å². The smallest absolute Gasteiger partial charge is 0.255 e. The van der Waals surface area contributed by atoms with Crippen LogP contribution in [0.4, 0.5) is 0 Å². The number of benzene rings is 2. The van der Waals surface area contributed by atoms with Gasteiger partial charge in [-0.25, -0.2) is 0 Å². The maximum atomic E-state index is 12.9. The van der Waals surface area contributed by atoms with E-state index in [0.29, 0.717) is 24.5 Å². The molecule has 1 saturated heterocycles. The van der Waals surface area contributed by atoms with Gasteiger partial charge in [0.05, 0.1) is 18.2 Å². The molecule has 1 unspecified atom stereocenters. The van der Waals surface area contributed by atoms with Gasteiger partial charge < -0.3 is 10.1 Å². The molecule has 1 atom stereocenters. The van der Waals surface area contributed by atoms with Crippen LogP contribution in [0.15, 0.2) is 48.5 Å². The second kappa shape index (κ2) is 10.3. The molecule has 0 radical (unpaired) electrons. The molecular formula is C24H32N2O2. The van der Waals surface area contributed by atoms with Crippen LogP contribution in [0.25, 0.3) is 0 Å². The summed E-state index contributed by atoms with van der Waals surface area (Å²) in [6.07, 6.45) is 4.51. The molecule has 0 saturated carbocycles. The minimum atomic E-state index is -0.0663. The molecule has 1 fully saturated rings. The monoisotopic (exact) mass is 380 g/mol. The van der Waals surface area contributed by atoms with Crippen LogP contribution >= 0.6 is 0 Å². The molecule has 1 heterocycles. The number of ether oxygens (including phenoxy) is 1. The molecule has 4 nitrogen and oxygen atoms in total. The van der Waals surface area contributed by atoms with Crippen molar-refractivity contribution in [2.24, 2.45) is 0 Å². The zero-order valence-electron chi connectivity index (χ0n) is 17.1. The summed E-state index contributed by atoms with van der Waals surface area (Å²) in [5.74, 6) is 0.602. The van der Waals surface area contributed by atoms with Crippen molar-refractivity contribution in [1.29, 1.82) is 0 Å². The number of hydrogen-bond donors (Lipinski definition) is 1. The summed E-state index contributed by atoms with van der Waals surface area (Å²) in [5, 5.41) is 3.16. The average Bonchev–Trinajstić information content (AvgIpc) is 3.24. The lowest BCUT2D eigenvalue weighted by atomic mass is 10.0. The number of carbonyl (C=O) groups is 1. The minimum Gasteiger partial charge on any atom is -0.493 e. The molecule has 0 aromatic heterocycles. The first-order valence-electron chi connectivity index (χ1n) is 10.5. The molecule has 4 heteroatoms. The van der Waals surface area contributed by atoms with Gasteiger partial charge in [0.25, 0.3) is 5.91 Å². The van der Waals surface area contributed by atoms with E-state index in [9.17, 15) is 4.79 Å². The Hall–Kier alpha value is -2.33. The fourth-order valence-corrected chi connectivity index (χ4v) is 3.69. The third kappa shape index (κ3) is 5.35. The molecule has 2 aromatic carbocycles. The van der Waals surface area contributed by atoms with Gasteiger partial charge in [-0.15, -0.1) is 0 Å². The van der Waals surface area contributed by atoms with E-state index in [1.807, 2.05) is 24.3 Å². The number of carbonyl (C=O) groups excluding carboxylic acids is 1. The highest BCUT2D eigenvalue weighted by molar-refractivity contribution is 5.96. The van der Waals surface area contributed by atoms with Gasteiger partial charge in [0, 0.05) is 6.54 Å². The number of hydrogen-bond acceptors (Lipinski definition) is 3. The van der Waals surface area contributed by atoms with Crippen LogP contribution in [0.5, 0.6) is 5.75 Å². The minimum absolute atomic E-state index is 0.0663. The van der Waals surface area contributed by atoms with E-state index in [-0.39, 0.29) is 11.9 Å². The van der Waals surface area contributed by atoms with Crippen LogP contribution in [0.1, 0.15) is 60.1 Å². The van der Waals surface area contributed by atoms with E-state index in [1.54, 1.807) is 0 Å². The summed E-state index contributed by atoms with van der Waals surface area (Å²) in [6.45, 7) is 7.65. The van der Waals surface area contributed by atoms with Crippen LogP contribution in [0, 0.1) is 6.92 Å². The third-order valence-electron chi connectivity index (χ3n) is 5.39. The fraction of sp³-hybridized carbons (Fsp3) is 0.458. The van der Waals surface area contributed by atoms with Crippen LogP contribution in [0.3, 0.4) is 0 Å². The molecule has 3 rings (SSSR count). The van der Waals surface area contributed by atoms with Gasteiger partial charge in [-0.3, -0.25) is 9.69 Å². The Bertz CT molecular complexity index is 751. The predicted molar refractivity (Wildman–Crippen MR) is 114 cm³/mol. The van der Waals surface area contributed by atoms with E-state index < -0.39 is 0 Å². The van der Waals surface area contributed by atoms with Crippen LogP contribution in [0.2, 0.25) is 0 Å². The zero-order valence-corrected chi connectivity index (χ0v) is 17.1.